The van der Waals surface area contributed by atoms with Crippen molar-refractivity contribution in [1.29, 1.82) is 0 Å². The summed E-state index contributed by atoms with van der Waals surface area (Å²) in [6, 6.07) is 6.74. The minimum absolute atomic E-state index is 0.0203. The molecule has 1 aromatic carbocycles. The minimum atomic E-state index is -0.845. The van der Waals surface area contributed by atoms with E-state index in [1.54, 1.807) is 31.5 Å². The monoisotopic (exact) mass is 476 g/mol. The van der Waals surface area contributed by atoms with E-state index in [1.165, 1.54) is 27.6 Å². The Morgan fingerprint density at radius 1 is 1.12 bits per heavy atom. The van der Waals surface area contributed by atoms with Gasteiger partial charge in [0.15, 0.2) is 10.9 Å². The lowest BCUT2D eigenvalue weighted by Crippen LogP contribution is -2.31. The van der Waals surface area contributed by atoms with Crippen LogP contribution in [-0.4, -0.2) is 31.7 Å². The van der Waals surface area contributed by atoms with E-state index in [0.717, 1.165) is 26.4 Å². The van der Waals surface area contributed by atoms with E-state index in [0.29, 0.717) is 21.3 Å². The first-order valence-corrected chi connectivity index (χ1v) is 11.9. The van der Waals surface area contributed by atoms with Gasteiger partial charge in [-0.3, -0.25) is 19.5 Å². The molecule has 166 valence electrons. The van der Waals surface area contributed by atoms with Gasteiger partial charge in [-0.2, -0.15) is 0 Å². The summed E-state index contributed by atoms with van der Waals surface area (Å²) in [6.45, 7) is 7.55. The molecule has 0 radical (unpaired) electrons. The highest BCUT2D eigenvalue weighted by Gasteiger charge is 2.46. The Labute approximate surface area is 198 Å². The highest BCUT2D eigenvalue weighted by Crippen LogP contribution is 2.45. The van der Waals surface area contributed by atoms with Crippen LogP contribution in [0.15, 0.2) is 48.0 Å². The molecule has 0 fully saturated rings. The average molecular weight is 477 g/mol. The number of pyridine rings is 1. The molecule has 0 aliphatic carbocycles. The summed E-state index contributed by atoms with van der Waals surface area (Å²) < 4.78 is 0.938. The fourth-order valence-electron chi connectivity index (χ4n) is 4.21. The Balaban J connectivity index is 1.70. The van der Waals surface area contributed by atoms with Gasteiger partial charge in [-0.15, -0.1) is 11.3 Å². The number of aromatic nitrogens is 3. The maximum atomic E-state index is 13.6. The molecule has 4 heterocycles. The molecule has 1 amide bonds. The Hall–Kier alpha value is -3.43. The zero-order valence-electron chi connectivity index (χ0n) is 18.4. The van der Waals surface area contributed by atoms with Crippen LogP contribution in [-0.2, 0) is 4.79 Å². The van der Waals surface area contributed by atoms with Crippen LogP contribution < -0.4 is 4.90 Å². The number of aryl methyl sites for hydroxylation is 4. The second-order valence-electron chi connectivity index (χ2n) is 8.03. The number of carbonyl (C=O) groups excluding carboxylic acids is 2. The molecule has 1 atom stereocenters. The van der Waals surface area contributed by atoms with Crippen LogP contribution in [0.5, 0.6) is 0 Å². The quantitative estimate of drug-likeness (QED) is 0.409. The Kier molecular flexibility index (Phi) is 5.10. The second-order valence-corrected chi connectivity index (χ2v) is 10.2. The zero-order valence-corrected chi connectivity index (χ0v) is 20.0. The van der Waals surface area contributed by atoms with E-state index in [2.05, 4.69) is 9.97 Å². The van der Waals surface area contributed by atoms with Gasteiger partial charge < -0.3 is 5.11 Å². The van der Waals surface area contributed by atoms with Gasteiger partial charge >= 0.3 is 0 Å². The molecule has 0 saturated carbocycles. The Bertz CT molecular complexity index is 1470. The fraction of sp³-hybridized carbons (Fsp3) is 0.208. The van der Waals surface area contributed by atoms with Crippen molar-refractivity contribution in [2.45, 2.75) is 33.7 Å². The molecule has 1 aliphatic rings. The average Bonchev–Trinajstić information content (AvgIpc) is 3.42. The van der Waals surface area contributed by atoms with Crippen molar-refractivity contribution in [2.75, 3.05) is 4.90 Å². The lowest BCUT2D eigenvalue weighted by molar-refractivity contribution is -0.117. The highest BCUT2D eigenvalue weighted by atomic mass is 32.1. The first-order valence-electron chi connectivity index (χ1n) is 10.3. The van der Waals surface area contributed by atoms with Crippen LogP contribution in [0.1, 0.15) is 43.1 Å². The fourth-order valence-corrected chi connectivity index (χ4v) is 6.26. The van der Waals surface area contributed by atoms with E-state index < -0.39 is 23.5 Å². The molecule has 0 saturated heterocycles. The largest absolute Gasteiger partial charge is 0.503 e. The molecule has 0 bridgehead atoms. The highest BCUT2D eigenvalue weighted by molar-refractivity contribution is 7.22. The number of Topliss-reactive ketones (excluding diaryl/α,β-unsaturated/α-hetero) is 1. The summed E-state index contributed by atoms with van der Waals surface area (Å²) in [5.74, 6) is -1.63. The SMILES string of the molecule is Cc1cc(C)c2nc(N3C(=O)C(O)=C(C(=O)c4sc(C)nc4C)C3c3cccnc3)sc2c1. The molecule has 1 N–H and O–H groups in total. The van der Waals surface area contributed by atoms with Crippen LogP contribution in [0.4, 0.5) is 5.13 Å². The van der Waals surface area contributed by atoms with E-state index in [-0.39, 0.29) is 5.57 Å². The summed E-state index contributed by atoms with van der Waals surface area (Å²) in [5, 5.41) is 12.1. The number of benzene rings is 1. The summed E-state index contributed by atoms with van der Waals surface area (Å²) in [4.78, 5) is 42.0. The topological polar surface area (TPSA) is 96.3 Å². The predicted octanol–water partition coefficient (Wildman–Crippen LogP) is 5.16. The minimum Gasteiger partial charge on any atom is -0.503 e. The molecule has 33 heavy (non-hydrogen) atoms. The summed E-state index contributed by atoms with van der Waals surface area (Å²) in [5.41, 5.74) is 4.11. The number of ketones is 1. The molecule has 1 unspecified atom stereocenters. The van der Waals surface area contributed by atoms with Crippen molar-refractivity contribution in [1.82, 2.24) is 15.0 Å². The van der Waals surface area contributed by atoms with Gasteiger partial charge in [-0.05, 0) is 56.5 Å². The van der Waals surface area contributed by atoms with Crippen molar-refractivity contribution in [3.63, 3.8) is 0 Å². The number of rotatable bonds is 4. The van der Waals surface area contributed by atoms with Crippen LogP contribution in [0.25, 0.3) is 10.2 Å². The van der Waals surface area contributed by atoms with Gasteiger partial charge in [0.1, 0.15) is 0 Å². The maximum Gasteiger partial charge on any atom is 0.296 e. The molecule has 5 rings (SSSR count). The first kappa shape index (κ1) is 21.4. The number of hydrogen-bond acceptors (Lipinski definition) is 8. The second kappa shape index (κ2) is 7.86. The third kappa shape index (κ3) is 3.44. The Morgan fingerprint density at radius 2 is 1.91 bits per heavy atom. The molecule has 1 aliphatic heterocycles. The normalized spacial score (nSPS) is 16.3. The van der Waals surface area contributed by atoms with Gasteiger partial charge in [0.05, 0.1) is 37.4 Å². The number of aliphatic hydroxyl groups excluding tert-OH is 1. The molecule has 9 heteroatoms. The first-order chi connectivity index (χ1) is 15.8. The van der Waals surface area contributed by atoms with Gasteiger partial charge in [-0.25, -0.2) is 9.97 Å². The van der Waals surface area contributed by atoms with Crippen molar-refractivity contribution >= 4 is 49.7 Å². The lowest BCUT2D eigenvalue weighted by Gasteiger charge is -2.24. The summed E-state index contributed by atoms with van der Waals surface area (Å²) in [6.07, 6.45) is 3.22. The van der Waals surface area contributed by atoms with Crippen LogP contribution in [0.2, 0.25) is 0 Å². The molecule has 0 spiro atoms. The summed E-state index contributed by atoms with van der Waals surface area (Å²) in [7, 11) is 0. The van der Waals surface area contributed by atoms with Gasteiger partial charge in [0.25, 0.3) is 5.91 Å². The van der Waals surface area contributed by atoms with Gasteiger partial charge in [0.2, 0.25) is 5.78 Å². The van der Waals surface area contributed by atoms with Crippen molar-refractivity contribution < 1.29 is 14.7 Å². The number of nitrogens with zero attached hydrogens (tertiary/aromatic N) is 4. The van der Waals surface area contributed by atoms with Crippen LogP contribution in [0.3, 0.4) is 0 Å². The Morgan fingerprint density at radius 3 is 2.58 bits per heavy atom. The zero-order chi connectivity index (χ0) is 23.4. The van der Waals surface area contributed by atoms with Crippen molar-refractivity contribution in [3.8, 4) is 0 Å². The van der Waals surface area contributed by atoms with Crippen LogP contribution >= 0.6 is 22.7 Å². The molecule has 4 aromatic rings. The number of amides is 1. The third-order valence-electron chi connectivity index (χ3n) is 5.59. The number of aliphatic hydroxyl groups is 1. The van der Waals surface area contributed by atoms with Crippen molar-refractivity contribution in [3.05, 3.63) is 80.3 Å². The maximum absolute atomic E-state index is 13.6. The predicted molar refractivity (Wildman–Crippen MR) is 129 cm³/mol. The number of hydrogen-bond donors (Lipinski definition) is 1. The van der Waals surface area contributed by atoms with Gasteiger partial charge in [0, 0.05) is 12.4 Å². The van der Waals surface area contributed by atoms with Crippen LogP contribution in [0, 0.1) is 27.7 Å². The molecular weight excluding hydrogens is 456 g/mol. The molecule has 7 nitrogen and oxygen atoms in total. The summed E-state index contributed by atoms with van der Waals surface area (Å²) >= 11 is 2.61. The van der Waals surface area contributed by atoms with E-state index in [9.17, 15) is 14.7 Å². The third-order valence-corrected chi connectivity index (χ3v) is 7.66. The van der Waals surface area contributed by atoms with E-state index in [4.69, 9.17) is 4.98 Å². The number of carbonyl (C=O) groups is 2. The standard InChI is InChI=1S/C24H20N4O3S2/c1-11-8-12(2)18-16(9-11)33-24(27-18)28-19(15-6-5-7-25-10-15)17(21(30)23(28)31)20(29)22-13(3)26-14(4)32-22/h5-10,19,30H,1-4H3. The van der Waals surface area contributed by atoms with E-state index >= 15 is 0 Å². The number of anilines is 1. The molecule has 3 aromatic heterocycles. The number of fused-ring (bicyclic) bond motifs is 1. The smallest absolute Gasteiger partial charge is 0.296 e. The van der Waals surface area contributed by atoms with Gasteiger partial charge in [-0.1, -0.05) is 23.5 Å². The van der Waals surface area contributed by atoms with E-state index in [1.807, 2.05) is 32.9 Å². The molecular formula is C24H20N4O3S2. The van der Waals surface area contributed by atoms with Crippen molar-refractivity contribution in [2.24, 2.45) is 0 Å². The number of thiazole rings is 2. The lowest BCUT2D eigenvalue weighted by atomic mass is 9.96.